The van der Waals surface area contributed by atoms with Crippen molar-refractivity contribution in [3.63, 3.8) is 0 Å². The Morgan fingerprint density at radius 2 is 1.95 bits per heavy atom. The zero-order chi connectivity index (χ0) is 15.2. The number of hydrogen-bond donors (Lipinski definition) is 1. The van der Waals surface area contributed by atoms with Crippen molar-refractivity contribution in [1.82, 2.24) is 4.98 Å². The van der Waals surface area contributed by atoms with E-state index in [1.54, 1.807) is 20.4 Å². The molecule has 0 amide bonds. The molecular weight excluding hydrogens is 266 g/mol. The highest BCUT2D eigenvalue weighted by atomic mass is 16.5. The third kappa shape index (κ3) is 3.56. The third-order valence-electron chi connectivity index (χ3n) is 3.24. The van der Waals surface area contributed by atoms with Crippen molar-refractivity contribution in [2.24, 2.45) is 0 Å². The molecule has 0 radical (unpaired) electrons. The van der Waals surface area contributed by atoms with Crippen molar-refractivity contribution in [1.29, 1.82) is 0 Å². The summed E-state index contributed by atoms with van der Waals surface area (Å²) in [4.78, 5) is 6.22. The molecule has 0 bridgehead atoms. The summed E-state index contributed by atoms with van der Waals surface area (Å²) in [6.45, 7) is 0.632. The maximum Gasteiger partial charge on any atom is 0.124 e. The smallest absolute Gasteiger partial charge is 0.124 e. The molecular formula is C16H21N3O2. The molecule has 0 unspecified atom stereocenters. The van der Waals surface area contributed by atoms with Crippen LogP contribution in [0.5, 0.6) is 11.5 Å². The Bertz CT molecular complexity index is 600. The molecule has 21 heavy (non-hydrogen) atoms. The second-order valence-electron chi connectivity index (χ2n) is 4.82. The zero-order valence-corrected chi connectivity index (χ0v) is 12.9. The van der Waals surface area contributed by atoms with Crippen LogP contribution in [0, 0.1) is 0 Å². The van der Waals surface area contributed by atoms with Gasteiger partial charge < -0.3 is 19.7 Å². The monoisotopic (exact) mass is 287 g/mol. The van der Waals surface area contributed by atoms with Crippen molar-refractivity contribution in [3.05, 3.63) is 42.2 Å². The highest BCUT2D eigenvalue weighted by molar-refractivity contribution is 5.68. The molecule has 1 aromatic heterocycles. The Kier molecular flexibility index (Phi) is 4.87. The van der Waals surface area contributed by atoms with Gasteiger partial charge in [-0.3, -0.25) is 4.98 Å². The van der Waals surface area contributed by atoms with Gasteiger partial charge in [0.05, 0.1) is 31.8 Å². The molecule has 1 aromatic carbocycles. The molecule has 5 nitrogen and oxygen atoms in total. The van der Waals surface area contributed by atoms with Crippen LogP contribution >= 0.6 is 0 Å². The van der Waals surface area contributed by atoms with Crippen LogP contribution in [0.2, 0.25) is 0 Å². The number of rotatable bonds is 6. The first-order valence-corrected chi connectivity index (χ1v) is 6.72. The lowest BCUT2D eigenvalue weighted by atomic mass is 10.2. The molecule has 0 aliphatic carbocycles. The van der Waals surface area contributed by atoms with E-state index in [1.165, 1.54) is 0 Å². The van der Waals surface area contributed by atoms with E-state index in [0.29, 0.717) is 6.54 Å². The maximum atomic E-state index is 5.39. The molecule has 0 atom stereocenters. The molecule has 2 aromatic rings. The van der Waals surface area contributed by atoms with Gasteiger partial charge in [0, 0.05) is 32.4 Å². The number of hydrogen-bond acceptors (Lipinski definition) is 5. The first-order chi connectivity index (χ1) is 10.2. The largest absolute Gasteiger partial charge is 0.497 e. The highest BCUT2D eigenvalue weighted by Gasteiger charge is 2.08. The van der Waals surface area contributed by atoms with Gasteiger partial charge in [0.2, 0.25) is 0 Å². The number of pyridine rings is 1. The topological polar surface area (TPSA) is 46.6 Å². The molecule has 0 fully saturated rings. The highest BCUT2D eigenvalue weighted by Crippen LogP contribution is 2.27. The number of anilines is 2. The average molecular weight is 287 g/mol. The Morgan fingerprint density at radius 1 is 1.14 bits per heavy atom. The average Bonchev–Trinajstić information content (AvgIpc) is 2.52. The fraction of sp³-hybridized carbons (Fsp3) is 0.312. The lowest BCUT2D eigenvalue weighted by Crippen LogP contribution is -2.12. The summed E-state index contributed by atoms with van der Waals surface area (Å²) in [6, 6.07) is 7.74. The summed E-state index contributed by atoms with van der Waals surface area (Å²) in [5.41, 5.74) is 3.10. The van der Waals surface area contributed by atoms with Gasteiger partial charge in [0.1, 0.15) is 11.5 Å². The Morgan fingerprint density at radius 3 is 2.62 bits per heavy atom. The minimum absolute atomic E-state index is 0.632. The van der Waals surface area contributed by atoms with Crippen LogP contribution in [0.3, 0.4) is 0 Å². The lowest BCUT2D eigenvalue weighted by Gasteiger charge is -2.18. The van der Waals surface area contributed by atoms with Crippen LogP contribution in [0.25, 0.3) is 0 Å². The quantitative estimate of drug-likeness (QED) is 0.885. The van der Waals surface area contributed by atoms with Gasteiger partial charge in [-0.15, -0.1) is 0 Å². The van der Waals surface area contributed by atoms with Crippen LogP contribution in [0.4, 0.5) is 11.4 Å². The Hall–Kier alpha value is -2.43. The van der Waals surface area contributed by atoms with Crippen molar-refractivity contribution >= 4 is 11.4 Å². The minimum Gasteiger partial charge on any atom is -0.497 e. The predicted octanol–water partition coefficient (Wildman–Crippen LogP) is 2.78. The summed E-state index contributed by atoms with van der Waals surface area (Å²) in [6.07, 6.45) is 3.61. The van der Waals surface area contributed by atoms with Crippen molar-refractivity contribution in [3.8, 4) is 11.5 Å². The maximum absolute atomic E-state index is 5.39. The van der Waals surface area contributed by atoms with Crippen molar-refractivity contribution < 1.29 is 9.47 Å². The molecule has 0 saturated carbocycles. The van der Waals surface area contributed by atoms with E-state index in [4.69, 9.17) is 9.47 Å². The number of benzene rings is 1. The molecule has 0 spiro atoms. The fourth-order valence-corrected chi connectivity index (χ4v) is 2.12. The molecule has 2 rings (SSSR count). The summed E-state index contributed by atoms with van der Waals surface area (Å²) < 4.78 is 10.7. The SMILES string of the molecule is COc1ccc(OC)c(CNc2cnccc2N(C)C)c1. The first kappa shape index (κ1) is 15.0. The Labute approximate surface area is 125 Å². The van der Waals surface area contributed by atoms with E-state index < -0.39 is 0 Å². The van der Waals surface area contributed by atoms with Crippen LogP contribution in [-0.2, 0) is 6.54 Å². The predicted molar refractivity (Wildman–Crippen MR) is 85.4 cm³/mol. The molecule has 0 saturated heterocycles. The van der Waals surface area contributed by atoms with E-state index in [1.807, 2.05) is 49.5 Å². The van der Waals surface area contributed by atoms with Crippen LogP contribution in [0.15, 0.2) is 36.7 Å². The third-order valence-corrected chi connectivity index (χ3v) is 3.24. The molecule has 0 aliphatic rings. The summed E-state index contributed by atoms with van der Waals surface area (Å²) in [7, 11) is 7.34. The number of nitrogens with zero attached hydrogens (tertiary/aromatic N) is 2. The van der Waals surface area contributed by atoms with Crippen LogP contribution in [-0.4, -0.2) is 33.3 Å². The lowest BCUT2D eigenvalue weighted by molar-refractivity contribution is 0.399. The number of methoxy groups -OCH3 is 2. The second-order valence-corrected chi connectivity index (χ2v) is 4.82. The standard InChI is InChI=1S/C16H21N3O2/c1-19(2)15-7-8-17-11-14(15)18-10-12-9-13(20-3)5-6-16(12)21-4/h5-9,11,18H,10H2,1-4H3. The van der Waals surface area contributed by atoms with E-state index in [-0.39, 0.29) is 0 Å². The molecule has 0 aliphatic heterocycles. The van der Waals surface area contributed by atoms with Gasteiger partial charge in [0.15, 0.2) is 0 Å². The minimum atomic E-state index is 0.632. The van der Waals surface area contributed by atoms with Gasteiger partial charge in [-0.25, -0.2) is 0 Å². The van der Waals surface area contributed by atoms with E-state index >= 15 is 0 Å². The van der Waals surface area contributed by atoms with E-state index in [9.17, 15) is 0 Å². The summed E-state index contributed by atoms with van der Waals surface area (Å²) in [5.74, 6) is 1.64. The van der Waals surface area contributed by atoms with Crippen molar-refractivity contribution in [2.75, 3.05) is 38.5 Å². The van der Waals surface area contributed by atoms with Crippen LogP contribution < -0.4 is 19.7 Å². The van der Waals surface area contributed by atoms with Gasteiger partial charge in [-0.2, -0.15) is 0 Å². The summed E-state index contributed by atoms with van der Waals surface area (Å²) >= 11 is 0. The second kappa shape index (κ2) is 6.83. The number of nitrogens with one attached hydrogen (secondary N) is 1. The van der Waals surface area contributed by atoms with Gasteiger partial charge in [-0.1, -0.05) is 0 Å². The molecule has 5 heteroatoms. The molecule has 1 heterocycles. The van der Waals surface area contributed by atoms with E-state index in [0.717, 1.165) is 28.4 Å². The molecule has 112 valence electrons. The van der Waals surface area contributed by atoms with Crippen molar-refractivity contribution in [2.45, 2.75) is 6.54 Å². The number of ether oxygens (including phenoxy) is 2. The molecule has 1 N–H and O–H groups in total. The summed E-state index contributed by atoms with van der Waals surface area (Å²) in [5, 5.41) is 3.40. The Balaban J connectivity index is 2.20. The van der Waals surface area contributed by atoms with Gasteiger partial charge in [0.25, 0.3) is 0 Å². The van der Waals surface area contributed by atoms with Gasteiger partial charge >= 0.3 is 0 Å². The van der Waals surface area contributed by atoms with E-state index in [2.05, 4.69) is 10.3 Å². The van der Waals surface area contributed by atoms with Gasteiger partial charge in [-0.05, 0) is 24.3 Å². The first-order valence-electron chi connectivity index (χ1n) is 6.72. The normalized spacial score (nSPS) is 10.1. The zero-order valence-electron chi connectivity index (χ0n) is 12.9. The number of aromatic nitrogens is 1. The van der Waals surface area contributed by atoms with Crippen LogP contribution in [0.1, 0.15) is 5.56 Å². The fourth-order valence-electron chi connectivity index (χ4n) is 2.12.